The summed E-state index contributed by atoms with van der Waals surface area (Å²) in [6.45, 7) is 0.270. The molecule has 0 aliphatic rings. The van der Waals surface area contributed by atoms with Gasteiger partial charge in [0.05, 0.1) is 17.1 Å². The Morgan fingerprint density at radius 1 is 1.15 bits per heavy atom. The molecule has 4 rings (SSSR count). The average molecular weight is 368 g/mol. The van der Waals surface area contributed by atoms with Crippen molar-refractivity contribution in [3.63, 3.8) is 0 Å². The summed E-state index contributed by atoms with van der Waals surface area (Å²) in [5, 5.41) is 11.6. The highest BCUT2D eigenvalue weighted by Crippen LogP contribution is 2.17. The lowest BCUT2D eigenvalue weighted by atomic mass is 10.2. The lowest BCUT2D eigenvalue weighted by molar-refractivity contribution is -0.121. The highest BCUT2D eigenvalue weighted by atomic mass is 35.5. The Morgan fingerprint density at radius 3 is 2.77 bits per heavy atom. The van der Waals surface area contributed by atoms with E-state index in [1.54, 1.807) is 18.2 Å². The first kappa shape index (κ1) is 16.3. The molecule has 0 saturated heterocycles. The summed E-state index contributed by atoms with van der Waals surface area (Å²) in [4.78, 5) is 25.2. The van der Waals surface area contributed by atoms with E-state index in [4.69, 9.17) is 11.6 Å². The van der Waals surface area contributed by atoms with Gasteiger partial charge >= 0.3 is 0 Å². The van der Waals surface area contributed by atoms with Crippen molar-refractivity contribution >= 4 is 34.1 Å². The second-order valence-electron chi connectivity index (χ2n) is 5.82. The van der Waals surface area contributed by atoms with Gasteiger partial charge in [-0.1, -0.05) is 47.1 Å². The van der Waals surface area contributed by atoms with Crippen LogP contribution in [-0.4, -0.2) is 25.3 Å². The van der Waals surface area contributed by atoms with Gasteiger partial charge in [0.15, 0.2) is 5.65 Å². The Kier molecular flexibility index (Phi) is 4.14. The van der Waals surface area contributed by atoms with Gasteiger partial charge in [0.25, 0.3) is 5.56 Å². The summed E-state index contributed by atoms with van der Waals surface area (Å²) in [5.74, 6) is -0.271. The third-order valence-corrected chi connectivity index (χ3v) is 4.34. The standard InChI is InChI=1S/C18H14ClN5O2/c19-13-6-7-14-15(8-13)24-17(10-21-22-24)23(18(14)26)11-16(25)20-9-12-4-2-1-3-5-12/h1-8,10H,9,11H2,(H,20,25). The molecule has 4 aromatic rings. The van der Waals surface area contributed by atoms with Gasteiger partial charge in [0.2, 0.25) is 5.91 Å². The van der Waals surface area contributed by atoms with Gasteiger partial charge in [-0.2, -0.15) is 4.52 Å². The van der Waals surface area contributed by atoms with E-state index in [-0.39, 0.29) is 18.0 Å². The van der Waals surface area contributed by atoms with Crippen LogP contribution in [0.2, 0.25) is 5.02 Å². The number of fused-ring (bicyclic) bond motifs is 3. The molecule has 0 bridgehead atoms. The molecule has 130 valence electrons. The van der Waals surface area contributed by atoms with Crippen LogP contribution in [0, 0.1) is 0 Å². The maximum absolute atomic E-state index is 12.8. The fraction of sp³-hybridized carbons (Fsp3) is 0.111. The third-order valence-electron chi connectivity index (χ3n) is 4.11. The number of hydrogen-bond donors (Lipinski definition) is 1. The van der Waals surface area contributed by atoms with Crippen LogP contribution in [0.4, 0.5) is 0 Å². The van der Waals surface area contributed by atoms with Crippen molar-refractivity contribution < 1.29 is 4.79 Å². The maximum atomic E-state index is 12.8. The van der Waals surface area contributed by atoms with E-state index >= 15 is 0 Å². The summed E-state index contributed by atoms with van der Waals surface area (Å²) in [6, 6.07) is 14.5. The van der Waals surface area contributed by atoms with Gasteiger partial charge in [0.1, 0.15) is 6.54 Å². The fourth-order valence-corrected chi connectivity index (χ4v) is 3.01. The number of carbonyl (C=O) groups is 1. The van der Waals surface area contributed by atoms with E-state index in [2.05, 4.69) is 15.6 Å². The Balaban J connectivity index is 1.68. The molecular formula is C18H14ClN5O2. The molecule has 2 aromatic carbocycles. The molecule has 0 aliphatic heterocycles. The zero-order valence-corrected chi connectivity index (χ0v) is 14.3. The van der Waals surface area contributed by atoms with Crippen molar-refractivity contribution in [2.75, 3.05) is 0 Å². The predicted molar refractivity (Wildman–Crippen MR) is 98.1 cm³/mol. The highest BCUT2D eigenvalue weighted by Gasteiger charge is 2.15. The zero-order valence-electron chi connectivity index (χ0n) is 13.6. The number of nitrogens with one attached hydrogen (secondary N) is 1. The van der Waals surface area contributed by atoms with E-state index < -0.39 is 0 Å². The number of benzene rings is 2. The molecule has 0 aliphatic carbocycles. The lowest BCUT2D eigenvalue weighted by Gasteiger charge is -2.11. The Morgan fingerprint density at radius 2 is 1.96 bits per heavy atom. The van der Waals surface area contributed by atoms with Gasteiger partial charge in [-0.15, -0.1) is 5.10 Å². The summed E-state index contributed by atoms with van der Waals surface area (Å²) < 4.78 is 2.86. The van der Waals surface area contributed by atoms with Gasteiger partial charge < -0.3 is 5.32 Å². The minimum Gasteiger partial charge on any atom is -0.350 e. The van der Waals surface area contributed by atoms with Crippen LogP contribution < -0.4 is 10.9 Å². The molecule has 8 heteroatoms. The summed E-state index contributed by atoms with van der Waals surface area (Å²) in [6.07, 6.45) is 1.45. The van der Waals surface area contributed by atoms with Gasteiger partial charge in [-0.3, -0.25) is 14.2 Å². The van der Waals surface area contributed by atoms with Crippen LogP contribution in [0.5, 0.6) is 0 Å². The predicted octanol–water partition coefficient (Wildman–Crippen LogP) is 2.01. The maximum Gasteiger partial charge on any atom is 0.262 e. The molecule has 2 heterocycles. The van der Waals surface area contributed by atoms with Gasteiger partial charge in [-0.05, 0) is 23.8 Å². The number of carbonyl (C=O) groups excluding carboxylic acids is 1. The van der Waals surface area contributed by atoms with Crippen LogP contribution in [0.1, 0.15) is 5.56 Å². The average Bonchev–Trinajstić information content (AvgIpc) is 3.14. The van der Waals surface area contributed by atoms with E-state index in [9.17, 15) is 9.59 Å². The normalized spacial score (nSPS) is 11.1. The second-order valence-corrected chi connectivity index (χ2v) is 6.26. The number of aromatic nitrogens is 4. The van der Waals surface area contributed by atoms with Crippen LogP contribution in [0.15, 0.2) is 59.5 Å². The van der Waals surface area contributed by atoms with Crippen molar-refractivity contribution in [3.05, 3.63) is 75.7 Å². The van der Waals surface area contributed by atoms with E-state index in [0.717, 1.165) is 5.56 Å². The quantitative estimate of drug-likeness (QED) is 0.598. The summed E-state index contributed by atoms with van der Waals surface area (Å²) in [7, 11) is 0. The SMILES string of the molecule is O=C(Cn1c(=O)c2ccc(Cl)cc2n2nncc12)NCc1ccccc1. The monoisotopic (exact) mass is 367 g/mol. The molecule has 1 N–H and O–H groups in total. The number of halogens is 1. The first-order chi connectivity index (χ1) is 12.6. The smallest absolute Gasteiger partial charge is 0.262 e. The fourth-order valence-electron chi connectivity index (χ4n) is 2.84. The van der Waals surface area contributed by atoms with Crippen LogP contribution in [-0.2, 0) is 17.9 Å². The number of rotatable bonds is 4. The molecule has 0 saturated carbocycles. The van der Waals surface area contributed by atoms with Crippen molar-refractivity contribution in [1.82, 2.24) is 24.7 Å². The Labute approximate surface area is 152 Å². The summed E-state index contributed by atoms with van der Waals surface area (Å²) >= 11 is 6.03. The van der Waals surface area contributed by atoms with E-state index in [1.807, 2.05) is 30.3 Å². The molecule has 0 fully saturated rings. The van der Waals surface area contributed by atoms with E-state index in [1.165, 1.54) is 15.3 Å². The molecule has 26 heavy (non-hydrogen) atoms. The minimum absolute atomic E-state index is 0.124. The van der Waals surface area contributed by atoms with Crippen molar-refractivity contribution in [3.8, 4) is 0 Å². The minimum atomic E-state index is -0.290. The van der Waals surface area contributed by atoms with Crippen LogP contribution in [0.25, 0.3) is 16.6 Å². The summed E-state index contributed by atoms with van der Waals surface area (Å²) in [5.41, 5.74) is 1.68. The van der Waals surface area contributed by atoms with Crippen molar-refractivity contribution in [2.24, 2.45) is 0 Å². The topological polar surface area (TPSA) is 81.3 Å². The molecule has 0 atom stereocenters. The molecular weight excluding hydrogens is 354 g/mol. The molecule has 0 unspecified atom stereocenters. The van der Waals surface area contributed by atoms with Crippen LogP contribution in [0.3, 0.4) is 0 Å². The molecule has 0 spiro atoms. The highest BCUT2D eigenvalue weighted by molar-refractivity contribution is 6.31. The van der Waals surface area contributed by atoms with Gasteiger partial charge in [0, 0.05) is 11.6 Å². The van der Waals surface area contributed by atoms with Crippen molar-refractivity contribution in [2.45, 2.75) is 13.1 Å². The largest absolute Gasteiger partial charge is 0.350 e. The number of amides is 1. The first-order valence-electron chi connectivity index (χ1n) is 7.96. The van der Waals surface area contributed by atoms with Crippen molar-refractivity contribution in [1.29, 1.82) is 0 Å². The van der Waals surface area contributed by atoms with E-state index in [0.29, 0.717) is 28.1 Å². The molecule has 7 nitrogen and oxygen atoms in total. The molecule has 1 amide bonds. The molecule has 0 radical (unpaired) electrons. The molecule has 2 aromatic heterocycles. The van der Waals surface area contributed by atoms with Gasteiger partial charge in [-0.25, -0.2) is 0 Å². The van der Waals surface area contributed by atoms with Crippen LogP contribution >= 0.6 is 11.6 Å². The zero-order chi connectivity index (χ0) is 18.1. The number of hydrogen-bond acceptors (Lipinski definition) is 4. The Bertz CT molecular complexity index is 1170. The third kappa shape index (κ3) is 2.93. The number of nitrogens with zero attached hydrogens (tertiary/aromatic N) is 4. The first-order valence-corrected chi connectivity index (χ1v) is 8.34. The lowest BCUT2D eigenvalue weighted by Crippen LogP contribution is -2.33. The Hall–Kier alpha value is -3.19. The second kappa shape index (κ2) is 6.61.